The third kappa shape index (κ3) is 3.46. The number of para-hydroxylation sites is 2. The van der Waals surface area contributed by atoms with Gasteiger partial charge in [0.2, 0.25) is 0 Å². The predicted molar refractivity (Wildman–Crippen MR) is 178 cm³/mol. The maximum Gasteiger partial charge on any atom is 0.160 e. The molecule has 3 nitrogen and oxygen atoms in total. The quantitative estimate of drug-likeness (QED) is 0.218. The van der Waals surface area contributed by atoms with Crippen LogP contribution in [0.15, 0.2) is 140 Å². The van der Waals surface area contributed by atoms with E-state index in [1.807, 2.05) is 17.4 Å². The molecule has 0 N–H and O–H groups in total. The van der Waals surface area contributed by atoms with Crippen molar-refractivity contribution in [1.82, 2.24) is 14.5 Å². The SMILES string of the molecule is c1ccc(-c2nc(-c3cccc(-n4c5ccccc5c5ccccc54)c3)nc3c2ccc2c4ccccc4sc23)cc1. The molecule has 0 aliphatic carbocycles. The molecule has 9 rings (SSSR count). The van der Waals surface area contributed by atoms with Gasteiger partial charge in [0.1, 0.15) is 0 Å². The standard InChI is InChI=1S/C38H23N3S/c1-2-11-24(12-3-1)35-31-22-21-30-29-17-6-9-20-34(29)42-37(30)36(31)40-38(39-35)25-13-10-14-26(23-25)41-32-18-7-4-15-27(32)28-16-5-8-19-33(28)41/h1-23H. The fourth-order valence-electron chi connectivity index (χ4n) is 6.30. The molecule has 0 radical (unpaired) electrons. The highest BCUT2D eigenvalue weighted by Crippen LogP contribution is 2.41. The molecule has 0 amide bonds. The van der Waals surface area contributed by atoms with E-state index in [-0.39, 0.29) is 0 Å². The molecular formula is C38H23N3S. The number of fused-ring (bicyclic) bond motifs is 8. The van der Waals surface area contributed by atoms with Crippen LogP contribution in [0.5, 0.6) is 0 Å². The van der Waals surface area contributed by atoms with Crippen LogP contribution >= 0.6 is 11.3 Å². The molecule has 0 saturated carbocycles. The van der Waals surface area contributed by atoms with Crippen molar-refractivity contribution in [2.24, 2.45) is 0 Å². The molecule has 3 heterocycles. The van der Waals surface area contributed by atoms with Crippen LogP contribution in [0.3, 0.4) is 0 Å². The van der Waals surface area contributed by atoms with E-state index in [2.05, 4.69) is 138 Å². The minimum Gasteiger partial charge on any atom is -0.309 e. The molecular weight excluding hydrogens is 531 g/mol. The first kappa shape index (κ1) is 23.4. The molecule has 42 heavy (non-hydrogen) atoms. The van der Waals surface area contributed by atoms with E-state index in [1.165, 1.54) is 42.0 Å². The van der Waals surface area contributed by atoms with Crippen LogP contribution in [-0.2, 0) is 0 Å². The molecule has 0 aliphatic heterocycles. The third-order valence-corrected chi connectivity index (χ3v) is 9.39. The summed E-state index contributed by atoms with van der Waals surface area (Å²) in [5.41, 5.74) is 7.50. The molecule has 4 heteroatoms. The normalized spacial score (nSPS) is 11.8. The molecule has 9 aromatic rings. The van der Waals surface area contributed by atoms with Gasteiger partial charge < -0.3 is 4.57 Å². The molecule has 0 bridgehead atoms. The Kier molecular flexibility index (Phi) is 5.07. The highest BCUT2D eigenvalue weighted by atomic mass is 32.1. The minimum atomic E-state index is 0.730. The summed E-state index contributed by atoms with van der Waals surface area (Å²) in [4.78, 5) is 10.5. The second-order valence-electron chi connectivity index (χ2n) is 10.6. The lowest BCUT2D eigenvalue weighted by Gasteiger charge is -2.12. The van der Waals surface area contributed by atoms with Crippen molar-refractivity contribution in [2.75, 3.05) is 0 Å². The van der Waals surface area contributed by atoms with Gasteiger partial charge in [-0.3, -0.25) is 0 Å². The molecule has 196 valence electrons. The van der Waals surface area contributed by atoms with Crippen molar-refractivity contribution in [3.8, 4) is 28.3 Å². The summed E-state index contributed by atoms with van der Waals surface area (Å²) in [6, 6.07) is 49.4. The molecule has 6 aromatic carbocycles. The van der Waals surface area contributed by atoms with E-state index in [0.717, 1.165) is 39.2 Å². The van der Waals surface area contributed by atoms with Crippen molar-refractivity contribution in [1.29, 1.82) is 0 Å². The van der Waals surface area contributed by atoms with Crippen LogP contribution in [0.2, 0.25) is 0 Å². The Morgan fingerprint density at radius 1 is 0.476 bits per heavy atom. The van der Waals surface area contributed by atoms with Crippen molar-refractivity contribution >= 4 is 64.2 Å². The zero-order chi connectivity index (χ0) is 27.6. The van der Waals surface area contributed by atoms with E-state index in [1.54, 1.807) is 0 Å². The van der Waals surface area contributed by atoms with Gasteiger partial charge in [-0.2, -0.15) is 0 Å². The molecule has 0 saturated heterocycles. The van der Waals surface area contributed by atoms with Gasteiger partial charge in [-0.05, 0) is 36.4 Å². The zero-order valence-electron chi connectivity index (χ0n) is 22.5. The average molecular weight is 554 g/mol. The first-order chi connectivity index (χ1) is 20.8. The zero-order valence-corrected chi connectivity index (χ0v) is 23.3. The maximum atomic E-state index is 5.29. The predicted octanol–water partition coefficient (Wildman–Crippen LogP) is 10.4. The average Bonchev–Trinajstić information content (AvgIpc) is 3.61. The summed E-state index contributed by atoms with van der Waals surface area (Å²) in [6.45, 7) is 0. The summed E-state index contributed by atoms with van der Waals surface area (Å²) in [5.74, 6) is 0.730. The highest BCUT2D eigenvalue weighted by Gasteiger charge is 2.17. The molecule has 0 atom stereocenters. The van der Waals surface area contributed by atoms with Crippen LogP contribution in [0.4, 0.5) is 0 Å². The lowest BCUT2D eigenvalue weighted by Crippen LogP contribution is -1.98. The van der Waals surface area contributed by atoms with Gasteiger partial charge in [0.15, 0.2) is 5.82 Å². The second-order valence-corrected chi connectivity index (χ2v) is 11.7. The topological polar surface area (TPSA) is 30.7 Å². The van der Waals surface area contributed by atoms with Crippen LogP contribution < -0.4 is 0 Å². The van der Waals surface area contributed by atoms with Gasteiger partial charge in [0.05, 0.1) is 26.9 Å². The van der Waals surface area contributed by atoms with Gasteiger partial charge in [-0.25, -0.2) is 9.97 Å². The lowest BCUT2D eigenvalue weighted by molar-refractivity contribution is 1.17. The smallest absolute Gasteiger partial charge is 0.160 e. The number of benzene rings is 6. The molecule has 0 aliphatic rings. The van der Waals surface area contributed by atoms with Crippen molar-refractivity contribution in [2.45, 2.75) is 0 Å². The number of hydrogen-bond donors (Lipinski definition) is 0. The fraction of sp³-hybridized carbons (Fsp3) is 0. The Balaban J connectivity index is 1.33. The number of nitrogens with zero attached hydrogens (tertiary/aromatic N) is 3. The highest BCUT2D eigenvalue weighted by molar-refractivity contribution is 7.26. The Labute approximate surface area is 246 Å². The minimum absolute atomic E-state index is 0.730. The van der Waals surface area contributed by atoms with Gasteiger partial charge in [-0.15, -0.1) is 11.3 Å². The van der Waals surface area contributed by atoms with E-state index in [0.29, 0.717) is 0 Å². The van der Waals surface area contributed by atoms with E-state index >= 15 is 0 Å². The third-order valence-electron chi connectivity index (χ3n) is 8.20. The van der Waals surface area contributed by atoms with E-state index in [4.69, 9.17) is 9.97 Å². The Morgan fingerprint density at radius 2 is 1.12 bits per heavy atom. The summed E-state index contributed by atoms with van der Waals surface area (Å²) in [7, 11) is 0. The van der Waals surface area contributed by atoms with Gasteiger partial charge in [0.25, 0.3) is 0 Å². The molecule has 3 aromatic heterocycles. The lowest BCUT2D eigenvalue weighted by atomic mass is 10.0. The molecule has 0 unspecified atom stereocenters. The van der Waals surface area contributed by atoms with Crippen molar-refractivity contribution in [3.63, 3.8) is 0 Å². The number of thiophene rings is 1. The van der Waals surface area contributed by atoms with Crippen molar-refractivity contribution < 1.29 is 0 Å². The Hall–Kier alpha value is -5.32. The first-order valence-corrected chi connectivity index (χ1v) is 14.9. The first-order valence-electron chi connectivity index (χ1n) is 14.1. The summed E-state index contributed by atoms with van der Waals surface area (Å²) in [6.07, 6.45) is 0. The van der Waals surface area contributed by atoms with Gasteiger partial charge >= 0.3 is 0 Å². The van der Waals surface area contributed by atoms with E-state index < -0.39 is 0 Å². The largest absolute Gasteiger partial charge is 0.309 e. The summed E-state index contributed by atoms with van der Waals surface area (Å²) >= 11 is 1.81. The Bertz CT molecular complexity index is 2420. The van der Waals surface area contributed by atoms with Crippen LogP contribution in [0.25, 0.3) is 81.2 Å². The number of hydrogen-bond acceptors (Lipinski definition) is 3. The monoisotopic (exact) mass is 553 g/mol. The van der Waals surface area contributed by atoms with Gasteiger partial charge in [0, 0.05) is 48.4 Å². The Morgan fingerprint density at radius 3 is 1.90 bits per heavy atom. The maximum absolute atomic E-state index is 5.29. The van der Waals surface area contributed by atoms with Crippen LogP contribution in [-0.4, -0.2) is 14.5 Å². The number of rotatable bonds is 3. The fourth-order valence-corrected chi connectivity index (χ4v) is 7.50. The summed E-state index contributed by atoms with van der Waals surface area (Å²) < 4.78 is 4.82. The summed E-state index contributed by atoms with van der Waals surface area (Å²) in [5, 5.41) is 6.08. The molecule has 0 spiro atoms. The molecule has 0 fully saturated rings. The number of aromatic nitrogens is 3. The van der Waals surface area contributed by atoms with Crippen LogP contribution in [0, 0.1) is 0 Å². The van der Waals surface area contributed by atoms with Crippen LogP contribution in [0.1, 0.15) is 0 Å². The second kappa shape index (κ2) is 9.10. The van der Waals surface area contributed by atoms with Crippen molar-refractivity contribution in [3.05, 3.63) is 140 Å². The van der Waals surface area contributed by atoms with E-state index in [9.17, 15) is 0 Å². The van der Waals surface area contributed by atoms with Gasteiger partial charge in [-0.1, -0.05) is 103 Å².